The first-order valence-electron chi connectivity index (χ1n) is 2.89. The van der Waals surface area contributed by atoms with Gasteiger partial charge in [0.1, 0.15) is 12.7 Å². The van der Waals surface area contributed by atoms with Crippen LogP contribution in [-0.4, -0.2) is 12.7 Å². The van der Waals surface area contributed by atoms with Crippen LogP contribution in [0.3, 0.4) is 0 Å². The molecule has 0 bridgehead atoms. The highest BCUT2D eigenvalue weighted by atomic mass is 35.5. The molecule has 2 heteroatoms. The number of hydrogen-bond donors (Lipinski definition) is 0. The van der Waals surface area contributed by atoms with E-state index in [0.29, 0.717) is 12.5 Å². The topological polar surface area (TPSA) is 9.23 Å². The Balaban J connectivity index is 3.16. The second kappa shape index (κ2) is 5.94. The van der Waals surface area contributed by atoms with Gasteiger partial charge < -0.3 is 4.74 Å². The molecule has 0 atom stereocenters. The lowest BCUT2D eigenvalue weighted by molar-refractivity contribution is 0.218. The molecule has 0 spiro atoms. The van der Waals surface area contributed by atoms with Crippen molar-refractivity contribution in [1.82, 2.24) is 0 Å². The summed E-state index contributed by atoms with van der Waals surface area (Å²) >= 11 is 5.23. The molecule has 0 aromatic heterocycles. The van der Waals surface area contributed by atoms with E-state index in [1.807, 2.05) is 13.8 Å². The molecule has 0 rings (SSSR count). The summed E-state index contributed by atoms with van der Waals surface area (Å²) in [6.45, 7) is 4.52. The van der Waals surface area contributed by atoms with Crippen molar-refractivity contribution in [3.8, 4) is 11.8 Å². The average molecular weight is 147 g/mol. The molecular weight excluding hydrogens is 136 g/mol. The van der Waals surface area contributed by atoms with Gasteiger partial charge in [-0.25, -0.2) is 0 Å². The van der Waals surface area contributed by atoms with Crippen molar-refractivity contribution in [2.24, 2.45) is 5.92 Å². The van der Waals surface area contributed by atoms with Crippen molar-refractivity contribution in [2.75, 3.05) is 12.7 Å². The minimum Gasteiger partial charge on any atom is -0.353 e. The zero-order chi connectivity index (χ0) is 7.11. The van der Waals surface area contributed by atoms with Crippen molar-refractivity contribution >= 4 is 11.6 Å². The van der Waals surface area contributed by atoms with E-state index in [1.165, 1.54) is 0 Å². The molecule has 0 heterocycles. The smallest absolute Gasteiger partial charge is 0.122 e. The van der Waals surface area contributed by atoms with Crippen molar-refractivity contribution in [3.63, 3.8) is 0 Å². The molecule has 9 heavy (non-hydrogen) atoms. The number of ether oxygens (including phenoxy) is 1. The van der Waals surface area contributed by atoms with E-state index in [0.717, 1.165) is 0 Å². The highest BCUT2D eigenvalue weighted by Crippen LogP contribution is 1.85. The number of halogens is 1. The standard InChI is InChI=1S/C7H11ClO/c1-7(2)4-3-5-9-6-8/h7H,5-6H2,1-2H3. The second-order valence-electron chi connectivity index (χ2n) is 1.93. The molecule has 0 aliphatic heterocycles. The molecule has 1 nitrogen and oxygen atoms in total. The Morgan fingerprint density at radius 2 is 2.22 bits per heavy atom. The molecule has 0 aliphatic rings. The third-order valence-electron chi connectivity index (χ3n) is 0.642. The van der Waals surface area contributed by atoms with Gasteiger partial charge in [-0.2, -0.15) is 0 Å². The fourth-order valence-electron chi connectivity index (χ4n) is 0.335. The van der Waals surface area contributed by atoms with Gasteiger partial charge in [0.05, 0.1) is 0 Å². The molecule has 0 amide bonds. The average Bonchev–Trinajstić information content (AvgIpc) is 1.80. The highest BCUT2D eigenvalue weighted by Gasteiger charge is 1.80. The quantitative estimate of drug-likeness (QED) is 0.328. The van der Waals surface area contributed by atoms with Gasteiger partial charge in [0.25, 0.3) is 0 Å². The lowest BCUT2D eigenvalue weighted by atomic mass is 10.2. The summed E-state index contributed by atoms with van der Waals surface area (Å²) in [5, 5.41) is 0. The fourth-order valence-corrected chi connectivity index (χ4v) is 0.413. The Morgan fingerprint density at radius 3 is 2.67 bits per heavy atom. The maximum Gasteiger partial charge on any atom is 0.122 e. The summed E-state index contributed by atoms with van der Waals surface area (Å²) in [5.74, 6) is 6.20. The molecule has 0 aromatic rings. The van der Waals surface area contributed by atoms with Crippen LogP contribution in [0, 0.1) is 17.8 Å². The SMILES string of the molecule is CC(C)C#CCOCCl. The Morgan fingerprint density at radius 1 is 1.56 bits per heavy atom. The van der Waals surface area contributed by atoms with Crippen LogP contribution in [0.15, 0.2) is 0 Å². The lowest BCUT2D eigenvalue weighted by Gasteiger charge is -1.89. The van der Waals surface area contributed by atoms with Gasteiger partial charge in [0, 0.05) is 5.92 Å². The molecule has 0 fully saturated rings. The molecule has 0 N–H and O–H groups in total. The van der Waals surface area contributed by atoms with Crippen molar-refractivity contribution in [3.05, 3.63) is 0 Å². The van der Waals surface area contributed by atoms with Crippen LogP contribution >= 0.6 is 11.6 Å². The largest absolute Gasteiger partial charge is 0.353 e. The highest BCUT2D eigenvalue weighted by molar-refractivity contribution is 6.17. The zero-order valence-corrected chi connectivity index (χ0v) is 6.53. The lowest BCUT2D eigenvalue weighted by Crippen LogP contribution is -1.87. The second-order valence-corrected chi connectivity index (χ2v) is 2.15. The van der Waals surface area contributed by atoms with E-state index in [9.17, 15) is 0 Å². The van der Waals surface area contributed by atoms with Crippen LogP contribution in [0.4, 0.5) is 0 Å². The molecule has 0 unspecified atom stereocenters. The third kappa shape index (κ3) is 7.81. The number of rotatable bonds is 2. The molecule has 52 valence electrons. The summed E-state index contributed by atoms with van der Waals surface area (Å²) in [6, 6.07) is 0.229. The van der Waals surface area contributed by atoms with Crippen LogP contribution in [0.1, 0.15) is 13.8 Å². The fraction of sp³-hybridized carbons (Fsp3) is 0.714. The minimum absolute atomic E-state index is 0.229. The molecule has 0 radical (unpaired) electrons. The van der Waals surface area contributed by atoms with Gasteiger partial charge >= 0.3 is 0 Å². The summed E-state index contributed by atoms with van der Waals surface area (Å²) in [6.07, 6.45) is 0. The third-order valence-corrected chi connectivity index (χ3v) is 0.796. The monoisotopic (exact) mass is 146 g/mol. The summed E-state index contributed by atoms with van der Waals surface area (Å²) in [5.41, 5.74) is 0. The summed E-state index contributed by atoms with van der Waals surface area (Å²) in [7, 11) is 0. The predicted octanol–water partition coefficient (Wildman–Crippen LogP) is 1.86. The molecular formula is C7H11ClO. The molecule has 0 aliphatic carbocycles. The van der Waals surface area contributed by atoms with Crippen LogP contribution in [-0.2, 0) is 4.74 Å². The van der Waals surface area contributed by atoms with Gasteiger partial charge in [0.2, 0.25) is 0 Å². The van der Waals surface area contributed by atoms with Gasteiger partial charge in [-0.3, -0.25) is 0 Å². The van der Waals surface area contributed by atoms with Gasteiger partial charge in [-0.15, -0.1) is 0 Å². The molecule has 0 saturated heterocycles. The number of hydrogen-bond acceptors (Lipinski definition) is 1. The first kappa shape index (κ1) is 8.81. The summed E-state index contributed by atoms with van der Waals surface area (Å²) < 4.78 is 4.78. The van der Waals surface area contributed by atoms with Crippen LogP contribution in [0.5, 0.6) is 0 Å². The molecule has 0 saturated carbocycles. The van der Waals surface area contributed by atoms with E-state index in [2.05, 4.69) is 11.8 Å². The van der Waals surface area contributed by atoms with E-state index in [1.54, 1.807) is 0 Å². The predicted molar refractivity (Wildman–Crippen MR) is 39.3 cm³/mol. The minimum atomic E-state index is 0.229. The van der Waals surface area contributed by atoms with E-state index < -0.39 is 0 Å². The van der Waals surface area contributed by atoms with Crippen molar-refractivity contribution in [2.45, 2.75) is 13.8 Å². The Kier molecular flexibility index (Phi) is 5.81. The summed E-state index contributed by atoms with van der Waals surface area (Å²) in [4.78, 5) is 0. The molecule has 0 aromatic carbocycles. The van der Waals surface area contributed by atoms with Gasteiger partial charge in [-0.05, 0) is 0 Å². The van der Waals surface area contributed by atoms with E-state index in [-0.39, 0.29) is 6.07 Å². The van der Waals surface area contributed by atoms with Crippen LogP contribution in [0.2, 0.25) is 0 Å². The number of alkyl halides is 1. The Hall–Kier alpha value is -0.190. The van der Waals surface area contributed by atoms with Crippen LogP contribution in [0.25, 0.3) is 0 Å². The van der Waals surface area contributed by atoms with Gasteiger partial charge in [-0.1, -0.05) is 37.3 Å². The first-order valence-corrected chi connectivity index (χ1v) is 3.43. The Bertz CT molecular complexity index is 110. The van der Waals surface area contributed by atoms with Gasteiger partial charge in [0.15, 0.2) is 0 Å². The van der Waals surface area contributed by atoms with Crippen molar-refractivity contribution < 1.29 is 4.74 Å². The maximum atomic E-state index is 5.23. The first-order chi connectivity index (χ1) is 4.27. The Labute approximate surface area is 61.3 Å². The van der Waals surface area contributed by atoms with Crippen molar-refractivity contribution in [1.29, 1.82) is 0 Å². The maximum absolute atomic E-state index is 5.23. The normalized spacial score (nSPS) is 8.89. The zero-order valence-electron chi connectivity index (χ0n) is 5.78. The van der Waals surface area contributed by atoms with E-state index in [4.69, 9.17) is 16.3 Å². The van der Waals surface area contributed by atoms with E-state index >= 15 is 0 Å². The van der Waals surface area contributed by atoms with Crippen LogP contribution < -0.4 is 0 Å².